The molecule has 1 aliphatic rings. The van der Waals surface area contributed by atoms with Crippen LogP contribution in [0.2, 0.25) is 0 Å². The quantitative estimate of drug-likeness (QED) is 0.832. The Morgan fingerprint density at radius 1 is 1.24 bits per heavy atom. The fraction of sp³-hybridized carbons (Fsp3) is 0.625. The molecule has 1 aromatic rings. The van der Waals surface area contributed by atoms with Gasteiger partial charge in [-0.05, 0) is 11.6 Å². The number of hydrogen-bond donors (Lipinski definition) is 2. The van der Waals surface area contributed by atoms with Gasteiger partial charge in [0.2, 0.25) is 0 Å². The maximum Gasteiger partial charge on any atom is 0.0629 e. The summed E-state index contributed by atoms with van der Waals surface area (Å²) in [5.74, 6) is 0. The third-order valence-electron chi connectivity index (χ3n) is 3.46. The van der Waals surface area contributed by atoms with Crippen molar-refractivity contribution in [2.24, 2.45) is 0 Å². The van der Waals surface area contributed by atoms with Crippen LogP contribution in [0.4, 0.5) is 0 Å². The normalized spacial score (nSPS) is 18.1. The van der Waals surface area contributed by atoms with Gasteiger partial charge < -0.3 is 10.4 Å². The third-order valence-corrected chi connectivity index (χ3v) is 4.66. The molecule has 0 radical (unpaired) electrons. The molecule has 1 fully saturated rings. The number of nitrogens with zero attached hydrogens (tertiary/aromatic N) is 1. The molecule has 0 aromatic heterocycles. The Kier molecular flexibility index (Phi) is 7.51. The Bertz CT molecular complexity index is 431. The van der Waals surface area contributed by atoms with Gasteiger partial charge in [0.1, 0.15) is 0 Å². The summed E-state index contributed by atoms with van der Waals surface area (Å²) in [6.07, 6.45) is 0. The van der Waals surface area contributed by atoms with Crippen molar-refractivity contribution in [1.29, 1.82) is 0 Å². The van der Waals surface area contributed by atoms with Crippen LogP contribution >= 0.6 is 24.2 Å². The Balaban J connectivity index is 0.00000220. The molecule has 1 aliphatic heterocycles. The van der Waals surface area contributed by atoms with E-state index in [1.165, 1.54) is 10.5 Å². The van der Waals surface area contributed by atoms with Crippen LogP contribution in [0.15, 0.2) is 29.2 Å². The van der Waals surface area contributed by atoms with Gasteiger partial charge in [-0.25, -0.2) is 0 Å². The molecular formula is C16H27ClN2OS. The fourth-order valence-electron chi connectivity index (χ4n) is 2.58. The van der Waals surface area contributed by atoms with E-state index in [0.717, 1.165) is 26.2 Å². The van der Waals surface area contributed by atoms with Crippen molar-refractivity contribution in [3.8, 4) is 0 Å². The lowest BCUT2D eigenvalue weighted by molar-refractivity contribution is 0.109. The minimum Gasteiger partial charge on any atom is -0.394 e. The molecule has 0 spiro atoms. The monoisotopic (exact) mass is 330 g/mol. The zero-order valence-corrected chi connectivity index (χ0v) is 14.8. The first-order valence-electron chi connectivity index (χ1n) is 7.35. The molecule has 2 N–H and O–H groups in total. The van der Waals surface area contributed by atoms with Gasteiger partial charge in [-0.2, -0.15) is 0 Å². The van der Waals surface area contributed by atoms with E-state index >= 15 is 0 Å². The van der Waals surface area contributed by atoms with Gasteiger partial charge in [0, 0.05) is 35.8 Å². The molecule has 5 heteroatoms. The minimum absolute atomic E-state index is 0. The molecule has 0 aliphatic carbocycles. The standard InChI is InChI=1S/C16H26N2OS.ClH/c1-16(2,3)20-15-7-5-4-6-13(15)14(12-19)18-10-8-17-9-11-18;/h4-7,14,17,19H,8-12H2,1-3H3;1H/t14-;/m1./s1. The molecule has 1 heterocycles. The van der Waals surface area contributed by atoms with Crippen LogP contribution in [0.1, 0.15) is 32.4 Å². The largest absolute Gasteiger partial charge is 0.394 e. The number of aliphatic hydroxyl groups is 1. The number of hydrogen-bond acceptors (Lipinski definition) is 4. The summed E-state index contributed by atoms with van der Waals surface area (Å²) in [5.41, 5.74) is 1.26. The van der Waals surface area contributed by atoms with E-state index in [1.54, 1.807) is 0 Å². The smallest absolute Gasteiger partial charge is 0.0629 e. The van der Waals surface area contributed by atoms with Crippen LogP contribution < -0.4 is 5.32 Å². The Labute approximate surface area is 138 Å². The molecule has 2 rings (SSSR count). The summed E-state index contributed by atoms with van der Waals surface area (Å²) in [6.45, 7) is 10.9. The van der Waals surface area contributed by atoms with Gasteiger partial charge >= 0.3 is 0 Å². The summed E-state index contributed by atoms with van der Waals surface area (Å²) in [7, 11) is 0. The number of piperazine rings is 1. The number of aliphatic hydroxyl groups excluding tert-OH is 1. The van der Waals surface area contributed by atoms with E-state index in [4.69, 9.17) is 0 Å². The molecule has 0 saturated carbocycles. The first-order valence-corrected chi connectivity index (χ1v) is 8.16. The van der Waals surface area contributed by atoms with Crippen LogP contribution in [0.25, 0.3) is 0 Å². The average molecular weight is 331 g/mol. The highest BCUT2D eigenvalue weighted by Crippen LogP contribution is 2.37. The van der Waals surface area contributed by atoms with Crippen LogP contribution in [0.3, 0.4) is 0 Å². The maximum absolute atomic E-state index is 9.88. The summed E-state index contributed by atoms with van der Waals surface area (Å²) in [5, 5.41) is 13.3. The van der Waals surface area contributed by atoms with Crippen molar-refractivity contribution in [2.45, 2.75) is 36.5 Å². The lowest BCUT2D eigenvalue weighted by Crippen LogP contribution is -2.46. The highest BCUT2D eigenvalue weighted by molar-refractivity contribution is 8.00. The van der Waals surface area contributed by atoms with Crippen molar-refractivity contribution in [3.05, 3.63) is 29.8 Å². The SMILES string of the molecule is CC(C)(C)Sc1ccccc1[C@@H](CO)N1CCNCC1.Cl. The predicted octanol–water partition coefficient (Wildman–Crippen LogP) is 2.94. The van der Waals surface area contributed by atoms with Crippen LogP contribution in [0.5, 0.6) is 0 Å². The zero-order chi connectivity index (χ0) is 14.6. The van der Waals surface area contributed by atoms with Crippen molar-refractivity contribution < 1.29 is 5.11 Å². The Morgan fingerprint density at radius 2 is 1.86 bits per heavy atom. The number of rotatable bonds is 4. The number of halogens is 1. The van der Waals surface area contributed by atoms with Crippen molar-refractivity contribution in [3.63, 3.8) is 0 Å². The van der Waals surface area contributed by atoms with Crippen LogP contribution in [-0.2, 0) is 0 Å². The molecule has 120 valence electrons. The second-order valence-electron chi connectivity index (χ2n) is 6.24. The summed E-state index contributed by atoms with van der Waals surface area (Å²) in [6, 6.07) is 8.62. The molecule has 1 aromatic carbocycles. The number of nitrogens with one attached hydrogen (secondary N) is 1. The van der Waals surface area contributed by atoms with Gasteiger partial charge in [0.25, 0.3) is 0 Å². The predicted molar refractivity (Wildman–Crippen MR) is 93.6 cm³/mol. The number of benzene rings is 1. The second kappa shape index (κ2) is 8.39. The highest BCUT2D eigenvalue weighted by Gasteiger charge is 2.25. The second-order valence-corrected chi connectivity index (χ2v) is 8.11. The molecule has 1 atom stereocenters. The summed E-state index contributed by atoms with van der Waals surface area (Å²) >= 11 is 1.88. The van der Waals surface area contributed by atoms with Gasteiger partial charge in [-0.3, -0.25) is 4.90 Å². The molecule has 0 unspecified atom stereocenters. The lowest BCUT2D eigenvalue weighted by atomic mass is 10.1. The van der Waals surface area contributed by atoms with E-state index in [2.05, 4.69) is 55.3 Å². The van der Waals surface area contributed by atoms with E-state index in [0.29, 0.717) is 0 Å². The van der Waals surface area contributed by atoms with Gasteiger partial charge in [-0.1, -0.05) is 39.0 Å². The zero-order valence-electron chi connectivity index (χ0n) is 13.1. The highest BCUT2D eigenvalue weighted by atomic mass is 35.5. The van der Waals surface area contributed by atoms with Gasteiger partial charge in [0.15, 0.2) is 0 Å². The van der Waals surface area contributed by atoms with E-state index in [-0.39, 0.29) is 29.8 Å². The Morgan fingerprint density at radius 3 is 2.43 bits per heavy atom. The lowest BCUT2D eigenvalue weighted by Gasteiger charge is -2.35. The number of thioether (sulfide) groups is 1. The van der Waals surface area contributed by atoms with Crippen LogP contribution in [0, 0.1) is 0 Å². The van der Waals surface area contributed by atoms with Crippen molar-refractivity contribution in [2.75, 3.05) is 32.8 Å². The third kappa shape index (κ3) is 5.46. The van der Waals surface area contributed by atoms with Crippen LogP contribution in [-0.4, -0.2) is 47.5 Å². The van der Waals surface area contributed by atoms with E-state index < -0.39 is 0 Å². The molecular weight excluding hydrogens is 304 g/mol. The molecule has 1 saturated heterocycles. The molecule has 21 heavy (non-hydrogen) atoms. The van der Waals surface area contributed by atoms with Gasteiger partial charge in [-0.15, -0.1) is 24.2 Å². The van der Waals surface area contributed by atoms with E-state index in [9.17, 15) is 5.11 Å². The molecule has 3 nitrogen and oxygen atoms in total. The average Bonchev–Trinajstić information content (AvgIpc) is 2.41. The summed E-state index contributed by atoms with van der Waals surface area (Å²) in [4.78, 5) is 3.68. The first-order chi connectivity index (χ1) is 9.51. The van der Waals surface area contributed by atoms with Crippen molar-refractivity contribution >= 4 is 24.2 Å². The first kappa shape index (κ1) is 18.8. The topological polar surface area (TPSA) is 35.5 Å². The minimum atomic E-state index is 0. The van der Waals surface area contributed by atoms with Crippen molar-refractivity contribution in [1.82, 2.24) is 10.2 Å². The molecule has 0 bridgehead atoms. The summed E-state index contributed by atoms with van der Waals surface area (Å²) < 4.78 is 0.180. The maximum atomic E-state index is 9.88. The molecule has 0 amide bonds. The Hall–Kier alpha value is -0.260. The van der Waals surface area contributed by atoms with Gasteiger partial charge in [0.05, 0.1) is 12.6 Å². The fourth-order valence-corrected chi connectivity index (χ4v) is 3.71. The van der Waals surface area contributed by atoms with E-state index in [1.807, 2.05) is 11.8 Å².